The van der Waals surface area contributed by atoms with Crippen molar-refractivity contribution in [3.63, 3.8) is 0 Å². The lowest BCUT2D eigenvalue weighted by molar-refractivity contribution is -0.129. The Kier molecular flexibility index (Phi) is 2.94. The number of nitrogens with one attached hydrogen (secondary N) is 1. The number of nitrogens with zero attached hydrogens (tertiary/aromatic N) is 3. The standard InChI is InChI=1S/C11H16N4O/c1-9-10(13-7-12-9)3-4-11(16)15-6-5-14(2)8-15/h5-7H,3-4,8H2,1-2H3,(H,12,13). The summed E-state index contributed by atoms with van der Waals surface area (Å²) in [6.45, 7) is 2.62. The fourth-order valence-corrected chi connectivity index (χ4v) is 1.70. The van der Waals surface area contributed by atoms with E-state index in [2.05, 4.69) is 9.97 Å². The van der Waals surface area contributed by atoms with Crippen LogP contribution in [0.5, 0.6) is 0 Å². The average Bonchev–Trinajstić information content (AvgIpc) is 2.84. The first kappa shape index (κ1) is 10.7. The Morgan fingerprint density at radius 2 is 2.38 bits per heavy atom. The second kappa shape index (κ2) is 4.38. The lowest BCUT2D eigenvalue weighted by Gasteiger charge is -2.15. The number of hydrogen-bond donors (Lipinski definition) is 1. The normalized spacial score (nSPS) is 14.9. The summed E-state index contributed by atoms with van der Waals surface area (Å²) in [5, 5.41) is 0. The quantitative estimate of drug-likeness (QED) is 0.821. The summed E-state index contributed by atoms with van der Waals surface area (Å²) in [5.41, 5.74) is 2.02. The monoisotopic (exact) mass is 220 g/mol. The molecule has 1 aliphatic heterocycles. The van der Waals surface area contributed by atoms with Crippen molar-refractivity contribution in [2.45, 2.75) is 19.8 Å². The zero-order chi connectivity index (χ0) is 11.5. The summed E-state index contributed by atoms with van der Waals surface area (Å²) in [6, 6.07) is 0. The van der Waals surface area contributed by atoms with E-state index < -0.39 is 0 Å². The van der Waals surface area contributed by atoms with Crippen molar-refractivity contribution in [2.24, 2.45) is 0 Å². The predicted octanol–water partition coefficient (Wildman–Crippen LogP) is 0.853. The van der Waals surface area contributed by atoms with Crippen molar-refractivity contribution in [3.05, 3.63) is 30.1 Å². The van der Waals surface area contributed by atoms with Crippen LogP contribution >= 0.6 is 0 Å². The summed E-state index contributed by atoms with van der Waals surface area (Å²) in [7, 11) is 1.95. The zero-order valence-corrected chi connectivity index (χ0v) is 9.60. The number of aromatic amines is 1. The van der Waals surface area contributed by atoms with Gasteiger partial charge in [0.15, 0.2) is 0 Å². The van der Waals surface area contributed by atoms with Crippen LogP contribution in [0.15, 0.2) is 18.7 Å². The fourth-order valence-electron chi connectivity index (χ4n) is 1.70. The van der Waals surface area contributed by atoms with Crippen LogP contribution in [0.2, 0.25) is 0 Å². The Balaban J connectivity index is 1.85. The van der Waals surface area contributed by atoms with E-state index in [1.165, 1.54) is 0 Å². The van der Waals surface area contributed by atoms with Gasteiger partial charge in [0.2, 0.25) is 5.91 Å². The highest BCUT2D eigenvalue weighted by molar-refractivity contribution is 5.77. The van der Waals surface area contributed by atoms with E-state index in [1.807, 2.05) is 31.3 Å². The van der Waals surface area contributed by atoms with Crippen LogP contribution in [0.25, 0.3) is 0 Å². The van der Waals surface area contributed by atoms with Crippen LogP contribution in [-0.2, 0) is 11.2 Å². The van der Waals surface area contributed by atoms with Crippen molar-refractivity contribution in [1.82, 2.24) is 19.8 Å². The van der Waals surface area contributed by atoms with E-state index in [0.29, 0.717) is 19.5 Å². The molecule has 0 bridgehead atoms. The van der Waals surface area contributed by atoms with Gasteiger partial charge in [0.1, 0.15) is 0 Å². The number of hydrogen-bond acceptors (Lipinski definition) is 3. The van der Waals surface area contributed by atoms with Crippen molar-refractivity contribution < 1.29 is 4.79 Å². The molecule has 86 valence electrons. The first-order valence-electron chi connectivity index (χ1n) is 5.33. The molecule has 16 heavy (non-hydrogen) atoms. The van der Waals surface area contributed by atoms with Crippen LogP contribution in [0, 0.1) is 6.92 Å². The summed E-state index contributed by atoms with van der Waals surface area (Å²) < 4.78 is 0. The predicted molar refractivity (Wildman–Crippen MR) is 60.3 cm³/mol. The van der Waals surface area contributed by atoms with Gasteiger partial charge in [-0.05, 0) is 6.92 Å². The Labute approximate surface area is 94.8 Å². The minimum absolute atomic E-state index is 0.142. The topological polar surface area (TPSA) is 52.2 Å². The van der Waals surface area contributed by atoms with Gasteiger partial charge in [-0.3, -0.25) is 9.69 Å². The molecule has 0 aromatic carbocycles. The molecule has 0 spiro atoms. The molecule has 5 heteroatoms. The number of amides is 1. The van der Waals surface area contributed by atoms with Gasteiger partial charge in [0.05, 0.1) is 18.7 Å². The smallest absolute Gasteiger partial charge is 0.228 e. The van der Waals surface area contributed by atoms with Crippen LogP contribution in [-0.4, -0.2) is 39.4 Å². The molecule has 1 N–H and O–H groups in total. The highest BCUT2D eigenvalue weighted by Crippen LogP contribution is 2.09. The van der Waals surface area contributed by atoms with E-state index in [0.717, 1.165) is 11.4 Å². The Bertz CT molecular complexity index is 410. The SMILES string of the molecule is Cc1[nH]cnc1CCC(=O)N1C=CN(C)C1. The average molecular weight is 220 g/mol. The molecule has 2 rings (SSSR count). The second-order valence-corrected chi connectivity index (χ2v) is 4.03. The number of H-pyrrole nitrogens is 1. The molecule has 1 aromatic heterocycles. The fraction of sp³-hybridized carbons (Fsp3) is 0.455. The van der Waals surface area contributed by atoms with Crippen molar-refractivity contribution >= 4 is 5.91 Å². The molecular formula is C11H16N4O. The molecular weight excluding hydrogens is 204 g/mol. The van der Waals surface area contributed by atoms with E-state index >= 15 is 0 Å². The lowest BCUT2D eigenvalue weighted by atomic mass is 10.2. The van der Waals surface area contributed by atoms with Crippen molar-refractivity contribution in [3.8, 4) is 0 Å². The molecule has 0 atom stereocenters. The van der Waals surface area contributed by atoms with Crippen LogP contribution in [0.3, 0.4) is 0 Å². The molecule has 0 fully saturated rings. The number of carbonyl (C=O) groups is 1. The highest BCUT2D eigenvalue weighted by atomic mass is 16.2. The summed E-state index contributed by atoms with van der Waals surface area (Å²) in [4.78, 5) is 22.7. The maximum absolute atomic E-state index is 11.8. The number of aromatic nitrogens is 2. The minimum Gasteiger partial charge on any atom is -0.361 e. The highest BCUT2D eigenvalue weighted by Gasteiger charge is 2.16. The number of carbonyl (C=O) groups excluding carboxylic acids is 1. The molecule has 5 nitrogen and oxygen atoms in total. The van der Waals surface area contributed by atoms with Gasteiger partial charge >= 0.3 is 0 Å². The lowest BCUT2D eigenvalue weighted by Crippen LogP contribution is -2.28. The molecule has 1 amide bonds. The molecule has 0 unspecified atom stereocenters. The van der Waals surface area contributed by atoms with Gasteiger partial charge < -0.3 is 9.88 Å². The van der Waals surface area contributed by atoms with E-state index in [9.17, 15) is 4.79 Å². The van der Waals surface area contributed by atoms with Gasteiger partial charge in [0, 0.05) is 38.0 Å². The molecule has 1 aliphatic rings. The summed E-state index contributed by atoms with van der Waals surface area (Å²) in [6.07, 6.45) is 6.59. The van der Waals surface area contributed by atoms with Crippen LogP contribution in [0.1, 0.15) is 17.8 Å². The van der Waals surface area contributed by atoms with Crippen molar-refractivity contribution in [1.29, 1.82) is 0 Å². The Hall–Kier alpha value is -1.78. The maximum Gasteiger partial charge on any atom is 0.228 e. The van der Waals surface area contributed by atoms with E-state index in [-0.39, 0.29) is 5.91 Å². The maximum atomic E-state index is 11.8. The molecule has 0 saturated heterocycles. The number of rotatable bonds is 3. The third-order valence-corrected chi connectivity index (χ3v) is 2.71. The molecule has 1 aromatic rings. The van der Waals surface area contributed by atoms with Gasteiger partial charge in [0.25, 0.3) is 0 Å². The van der Waals surface area contributed by atoms with Crippen molar-refractivity contribution in [2.75, 3.05) is 13.7 Å². The van der Waals surface area contributed by atoms with Gasteiger partial charge in [-0.1, -0.05) is 0 Å². The van der Waals surface area contributed by atoms with E-state index in [1.54, 1.807) is 11.2 Å². The molecule has 2 heterocycles. The number of imidazole rings is 1. The zero-order valence-electron chi connectivity index (χ0n) is 9.60. The van der Waals surface area contributed by atoms with Gasteiger partial charge in [-0.2, -0.15) is 0 Å². The third kappa shape index (κ3) is 2.24. The summed E-state index contributed by atoms with van der Waals surface area (Å²) >= 11 is 0. The first-order valence-corrected chi connectivity index (χ1v) is 5.33. The Morgan fingerprint density at radius 1 is 1.56 bits per heavy atom. The van der Waals surface area contributed by atoms with Gasteiger partial charge in [-0.25, -0.2) is 4.98 Å². The first-order chi connectivity index (χ1) is 7.66. The van der Waals surface area contributed by atoms with Crippen LogP contribution in [0.4, 0.5) is 0 Å². The molecule has 0 saturated carbocycles. The van der Waals surface area contributed by atoms with Gasteiger partial charge in [-0.15, -0.1) is 0 Å². The summed E-state index contributed by atoms with van der Waals surface area (Å²) in [5.74, 6) is 0.142. The number of aryl methyl sites for hydroxylation is 2. The van der Waals surface area contributed by atoms with E-state index in [4.69, 9.17) is 0 Å². The van der Waals surface area contributed by atoms with Crippen LogP contribution < -0.4 is 0 Å². The molecule has 0 aliphatic carbocycles. The largest absolute Gasteiger partial charge is 0.361 e. The molecule has 0 radical (unpaired) electrons. The Morgan fingerprint density at radius 3 is 2.94 bits per heavy atom. The minimum atomic E-state index is 0.142. The second-order valence-electron chi connectivity index (χ2n) is 4.03. The third-order valence-electron chi connectivity index (χ3n) is 2.71.